The minimum atomic E-state index is -0.550. The van der Waals surface area contributed by atoms with E-state index in [1.165, 1.54) is 0 Å². The van der Waals surface area contributed by atoms with Crippen molar-refractivity contribution in [3.8, 4) is 0 Å². The van der Waals surface area contributed by atoms with Crippen LogP contribution in [0.4, 0.5) is 4.39 Å². The van der Waals surface area contributed by atoms with Crippen LogP contribution in [-0.4, -0.2) is 18.8 Å². The molecule has 0 saturated carbocycles. The van der Waals surface area contributed by atoms with Gasteiger partial charge in [0.1, 0.15) is 6.17 Å². The Kier molecular flexibility index (Phi) is 1.84. The van der Waals surface area contributed by atoms with Gasteiger partial charge in [0, 0.05) is 6.04 Å². The molecule has 1 aliphatic rings. The van der Waals surface area contributed by atoms with E-state index in [9.17, 15) is 4.39 Å². The third-order valence-electron chi connectivity index (χ3n) is 1.56. The molecule has 0 aromatic rings. The van der Waals surface area contributed by atoms with E-state index in [2.05, 4.69) is 5.32 Å². The Morgan fingerprint density at radius 3 is 2.75 bits per heavy atom. The summed E-state index contributed by atoms with van der Waals surface area (Å²) in [5.41, 5.74) is 0. The Morgan fingerprint density at radius 2 is 2.38 bits per heavy atom. The fraction of sp³-hybridized carbons (Fsp3) is 1.00. The van der Waals surface area contributed by atoms with Crippen molar-refractivity contribution in [1.82, 2.24) is 5.32 Å². The minimum Gasteiger partial charge on any atom is -0.314 e. The Balaban J connectivity index is 2.23. The number of rotatable bonds is 0. The van der Waals surface area contributed by atoms with Crippen LogP contribution >= 0.6 is 0 Å². The molecule has 0 spiro atoms. The highest BCUT2D eigenvalue weighted by Crippen LogP contribution is 2.10. The van der Waals surface area contributed by atoms with Crippen molar-refractivity contribution in [3.05, 3.63) is 0 Å². The first-order chi connectivity index (χ1) is 3.79. The minimum absolute atomic E-state index is 0.388. The van der Waals surface area contributed by atoms with Gasteiger partial charge in [0.15, 0.2) is 0 Å². The van der Waals surface area contributed by atoms with E-state index in [-0.39, 0.29) is 0 Å². The van der Waals surface area contributed by atoms with Gasteiger partial charge in [-0.1, -0.05) is 0 Å². The number of nitrogens with one attached hydrogen (secondary N) is 1. The second-order valence-corrected chi connectivity index (χ2v) is 2.48. The van der Waals surface area contributed by atoms with Gasteiger partial charge in [-0.15, -0.1) is 0 Å². The lowest BCUT2D eigenvalue weighted by Crippen LogP contribution is -2.36. The molecule has 1 rings (SSSR count). The van der Waals surface area contributed by atoms with Crippen LogP contribution in [0, 0.1) is 0 Å². The predicted molar refractivity (Wildman–Crippen MR) is 31.6 cm³/mol. The van der Waals surface area contributed by atoms with Crippen LogP contribution in [0.3, 0.4) is 0 Å². The average Bonchev–Trinajstić information content (AvgIpc) is 1.64. The zero-order valence-electron chi connectivity index (χ0n) is 5.15. The van der Waals surface area contributed by atoms with E-state index in [1.54, 1.807) is 0 Å². The summed E-state index contributed by atoms with van der Waals surface area (Å²) >= 11 is 0. The topological polar surface area (TPSA) is 12.0 Å². The van der Waals surface area contributed by atoms with Crippen molar-refractivity contribution in [1.29, 1.82) is 0 Å². The third kappa shape index (κ3) is 1.44. The molecular weight excluding hydrogens is 105 g/mol. The lowest BCUT2D eigenvalue weighted by atomic mass is 10.1. The second-order valence-electron chi connectivity index (χ2n) is 2.48. The molecule has 0 radical (unpaired) electrons. The molecule has 1 heterocycles. The number of halogens is 1. The fourth-order valence-electron chi connectivity index (χ4n) is 1.07. The van der Waals surface area contributed by atoms with E-state index in [4.69, 9.17) is 0 Å². The predicted octanol–water partition coefficient (Wildman–Crippen LogP) is 1.10. The highest BCUT2D eigenvalue weighted by molar-refractivity contribution is 4.73. The summed E-state index contributed by atoms with van der Waals surface area (Å²) in [6, 6.07) is 0.388. The summed E-state index contributed by atoms with van der Waals surface area (Å²) in [5.74, 6) is 0. The monoisotopic (exact) mass is 117 g/mol. The standard InChI is InChI=1S/C6H12FN/c1-5-4-6(7)2-3-8-5/h5-6,8H,2-4H2,1H3/t5-,6?/m0/s1. The summed E-state index contributed by atoms with van der Waals surface area (Å²) in [6.07, 6.45) is 0.843. The van der Waals surface area contributed by atoms with E-state index >= 15 is 0 Å². The maximum atomic E-state index is 12.4. The van der Waals surface area contributed by atoms with Gasteiger partial charge in [0.05, 0.1) is 0 Å². The van der Waals surface area contributed by atoms with Crippen LogP contribution in [0.5, 0.6) is 0 Å². The van der Waals surface area contributed by atoms with Crippen molar-refractivity contribution in [3.63, 3.8) is 0 Å². The van der Waals surface area contributed by atoms with Crippen molar-refractivity contribution in [2.45, 2.75) is 32.0 Å². The van der Waals surface area contributed by atoms with E-state index in [0.717, 1.165) is 6.54 Å². The van der Waals surface area contributed by atoms with Gasteiger partial charge in [0.2, 0.25) is 0 Å². The number of hydrogen-bond acceptors (Lipinski definition) is 1. The van der Waals surface area contributed by atoms with Crippen LogP contribution in [0.1, 0.15) is 19.8 Å². The van der Waals surface area contributed by atoms with E-state index in [1.807, 2.05) is 6.92 Å². The van der Waals surface area contributed by atoms with E-state index < -0.39 is 6.17 Å². The molecule has 1 saturated heterocycles. The van der Waals surface area contributed by atoms with Crippen LogP contribution < -0.4 is 5.32 Å². The Morgan fingerprint density at radius 1 is 1.62 bits per heavy atom. The third-order valence-corrected chi connectivity index (χ3v) is 1.56. The molecule has 0 amide bonds. The normalized spacial score (nSPS) is 39.8. The average molecular weight is 117 g/mol. The molecule has 2 heteroatoms. The Labute approximate surface area is 49.3 Å². The molecule has 1 aliphatic heterocycles. The highest BCUT2D eigenvalue weighted by atomic mass is 19.1. The van der Waals surface area contributed by atoms with Gasteiger partial charge in [-0.2, -0.15) is 0 Å². The zero-order chi connectivity index (χ0) is 5.98. The lowest BCUT2D eigenvalue weighted by molar-refractivity contribution is 0.230. The van der Waals surface area contributed by atoms with Crippen LogP contribution in [0.25, 0.3) is 0 Å². The smallest absolute Gasteiger partial charge is 0.103 e. The molecule has 2 atom stereocenters. The van der Waals surface area contributed by atoms with Gasteiger partial charge < -0.3 is 5.32 Å². The molecular formula is C6H12FN. The molecule has 8 heavy (non-hydrogen) atoms. The number of hydrogen-bond donors (Lipinski definition) is 1. The van der Waals surface area contributed by atoms with Gasteiger partial charge >= 0.3 is 0 Å². The van der Waals surface area contributed by atoms with Crippen molar-refractivity contribution >= 4 is 0 Å². The summed E-state index contributed by atoms with van der Waals surface area (Å²) in [6.45, 7) is 2.87. The van der Waals surface area contributed by atoms with Crippen molar-refractivity contribution in [2.75, 3.05) is 6.54 Å². The lowest BCUT2D eigenvalue weighted by Gasteiger charge is -2.22. The Bertz CT molecular complexity index is 66.9. The van der Waals surface area contributed by atoms with E-state index in [0.29, 0.717) is 18.9 Å². The SMILES string of the molecule is C[C@H]1CC(F)CCN1. The van der Waals surface area contributed by atoms with Gasteiger partial charge in [0.25, 0.3) is 0 Å². The largest absolute Gasteiger partial charge is 0.314 e. The van der Waals surface area contributed by atoms with Crippen molar-refractivity contribution < 1.29 is 4.39 Å². The van der Waals surface area contributed by atoms with Crippen LogP contribution in [-0.2, 0) is 0 Å². The molecule has 0 aromatic carbocycles. The molecule has 0 aliphatic carbocycles. The molecule has 48 valence electrons. The first kappa shape index (κ1) is 6.02. The second kappa shape index (κ2) is 2.44. The van der Waals surface area contributed by atoms with Gasteiger partial charge in [-0.25, -0.2) is 4.39 Å². The van der Waals surface area contributed by atoms with Crippen molar-refractivity contribution in [2.24, 2.45) is 0 Å². The highest BCUT2D eigenvalue weighted by Gasteiger charge is 2.15. The molecule has 1 fully saturated rings. The molecule has 1 unspecified atom stereocenters. The maximum absolute atomic E-state index is 12.4. The van der Waals surface area contributed by atoms with Gasteiger partial charge in [-0.05, 0) is 26.3 Å². The van der Waals surface area contributed by atoms with Gasteiger partial charge in [-0.3, -0.25) is 0 Å². The molecule has 1 nitrogen and oxygen atoms in total. The van der Waals surface area contributed by atoms with Crippen LogP contribution in [0.15, 0.2) is 0 Å². The zero-order valence-corrected chi connectivity index (χ0v) is 5.15. The first-order valence-electron chi connectivity index (χ1n) is 3.16. The Hall–Kier alpha value is -0.110. The molecule has 0 aromatic heterocycles. The fourth-order valence-corrected chi connectivity index (χ4v) is 1.07. The number of piperidine rings is 1. The quantitative estimate of drug-likeness (QED) is 0.501. The number of alkyl halides is 1. The summed E-state index contributed by atoms with van der Waals surface area (Å²) in [7, 11) is 0. The van der Waals surface area contributed by atoms with Crippen LogP contribution in [0.2, 0.25) is 0 Å². The summed E-state index contributed by atoms with van der Waals surface area (Å²) < 4.78 is 12.4. The molecule has 0 bridgehead atoms. The first-order valence-corrected chi connectivity index (χ1v) is 3.16. The summed E-state index contributed by atoms with van der Waals surface area (Å²) in [5, 5.41) is 3.17. The maximum Gasteiger partial charge on any atom is 0.103 e. The molecule has 1 N–H and O–H groups in total. The summed E-state index contributed by atoms with van der Waals surface area (Å²) in [4.78, 5) is 0.